The van der Waals surface area contributed by atoms with E-state index in [2.05, 4.69) is 10.2 Å². The van der Waals surface area contributed by atoms with Crippen molar-refractivity contribution in [1.29, 1.82) is 0 Å². The summed E-state index contributed by atoms with van der Waals surface area (Å²) in [5.41, 5.74) is 0.0300. The number of fused-ring (bicyclic) bond motifs is 1. The van der Waals surface area contributed by atoms with Crippen molar-refractivity contribution >= 4 is 27.3 Å². The van der Waals surface area contributed by atoms with Gasteiger partial charge >= 0.3 is 0 Å². The molecule has 2 aromatic rings. The van der Waals surface area contributed by atoms with Crippen LogP contribution in [-0.2, 0) is 14.8 Å². The summed E-state index contributed by atoms with van der Waals surface area (Å²) in [7, 11) is -4.28. The van der Waals surface area contributed by atoms with Crippen molar-refractivity contribution in [1.82, 2.24) is 9.62 Å². The van der Waals surface area contributed by atoms with E-state index in [1.807, 2.05) is 4.72 Å². The van der Waals surface area contributed by atoms with Crippen molar-refractivity contribution in [2.75, 3.05) is 44.7 Å². The second-order valence-corrected chi connectivity index (χ2v) is 9.99. The summed E-state index contributed by atoms with van der Waals surface area (Å²) in [6.07, 6.45) is 1.09. The van der Waals surface area contributed by atoms with E-state index in [0.717, 1.165) is 38.8 Å². The number of amides is 1. The van der Waals surface area contributed by atoms with Crippen LogP contribution >= 0.6 is 0 Å². The molecule has 0 spiro atoms. The van der Waals surface area contributed by atoms with E-state index in [0.29, 0.717) is 24.9 Å². The minimum absolute atomic E-state index is 0.169. The van der Waals surface area contributed by atoms with Crippen LogP contribution < -0.4 is 10.0 Å². The lowest BCUT2D eigenvalue weighted by Gasteiger charge is -2.33. The van der Waals surface area contributed by atoms with Crippen LogP contribution in [0.3, 0.4) is 0 Å². The third kappa shape index (κ3) is 5.49. The molecule has 11 heteroatoms. The summed E-state index contributed by atoms with van der Waals surface area (Å²) >= 11 is 0. The molecule has 2 aliphatic heterocycles. The lowest BCUT2D eigenvalue weighted by Crippen LogP contribution is -2.42. The molecule has 0 bridgehead atoms. The number of carbonyl (C=O) groups excluding carboxylic acids is 1. The fourth-order valence-electron chi connectivity index (χ4n) is 4.30. The molecule has 2 saturated heterocycles. The topological polar surface area (TPSA) is 131 Å². The van der Waals surface area contributed by atoms with E-state index in [1.54, 1.807) is 18.2 Å². The van der Waals surface area contributed by atoms with Crippen molar-refractivity contribution in [3.63, 3.8) is 0 Å². The molecule has 0 radical (unpaired) electrons. The molecule has 2 aliphatic rings. The molecular weight excluding hydrogens is 448 g/mol. The molecule has 2 fully saturated rings. The predicted molar refractivity (Wildman–Crippen MR) is 122 cm³/mol. The van der Waals surface area contributed by atoms with Gasteiger partial charge in [-0.2, -0.15) is 0 Å². The molecule has 2 unspecified atom stereocenters. The smallest absolute Gasteiger partial charge is 0.293 e. The van der Waals surface area contributed by atoms with Crippen LogP contribution in [0.2, 0.25) is 0 Å². The number of ether oxygens (including phenoxy) is 1. The highest BCUT2D eigenvalue weighted by Gasteiger charge is 2.33. The van der Waals surface area contributed by atoms with Gasteiger partial charge in [-0.3, -0.25) is 14.9 Å². The first kappa shape index (κ1) is 23.1. The van der Waals surface area contributed by atoms with Gasteiger partial charge in [-0.15, -0.1) is 0 Å². The lowest BCUT2D eigenvalue weighted by atomic mass is 9.89. The second kappa shape index (κ2) is 9.86. The van der Waals surface area contributed by atoms with Gasteiger partial charge in [0.1, 0.15) is 5.69 Å². The average molecular weight is 475 g/mol. The molecule has 176 valence electrons. The number of nitrogens with zero attached hydrogens (tertiary/aromatic N) is 2. The van der Waals surface area contributed by atoms with Crippen LogP contribution in [0, 0.1) is 22.0 Å². The predicted octanol–water partition coefficient (Wildman–Crippen LogP) is 2.09. The Morgan fingerprint density at radius 3 is 2.67 bits per heavy atom. The van der Waals surface area contributed by atoms with Crippen LogP contribution in [-0.4, -0.2) is 63.5 Å². The Morgan fingerprint density at radius 1 is 1.15 bits per heavy atom. The minimum Gasteiger partial charge on any atom is -0.381 e. The monoisotopic (exact) mass is 474 g/mol. The van der Waals surface area contributed by atoms with E-state index in [9.17, 15) is 23.3 Å². The highest BCUT2D eigenvalue weighted by Crippen LogP contribution is 2.30. The molecule has 33 heavy (non-hydrogen) atoms. The first-order valence-corrected chi connectivity index (χ1v) is 12.3. The molecule has 2 aromatic carbocycles. The Kier molecular flexibility index (Phi) is 6.91. The van der Waals surface area contributed by atoms with Gasteiger partial charge < -0.3 is 15.0 Å². The number of benzene rings is 2. The number of hydrogen-bond donors (Lipinski definition) is 2. The Morgan fingerprint density at radius 2 is 1.91 bits per heavy atom. The van der Waals surface area contributed by atoms with Crippen LogP contribution in [0.5, 0.6) is 0 Å². The van der Waals surface area contributed by atoms with Crippen molar-refractivity contribution < 1.29 is 22.9 Å². The average Bonchev–Trinajstić information content (AvgIpc) is 3.27. The first-order valence-electron chi connectivity index (χ1n) is 10.8. The number of nitro benzene ring substituents is 1. The molecule has 2 N–H and O–H groups in total. The third-order valence-corrected chi connectivity index (χ3v) is 7.45. The number of likely N-dealkylation sites (tertiary alicyclic amines) is 1. The van der Waals surface area contributed by atoms with Gasteiger partial charge in [0.2, 0.25) is 0 Å². The Bertz CT molecular complexity index is 1120. The quantitative estimate of drug-likeness (QED) is 0.439. The summed E-state index contributed by atoms with van der Waals surface area (Å²) in [5.74, 6) is 0.368. The third-order valence-electron chi connectivity index (χ3n) is 6.12. The van der Waals surface area contributed by atoms with Crippen molar-refractivity contribution in [2.24, 2.45) is 11.8 Å². The maximum Gasteiger partial charge on any atom is 0.293 e. The number of nitro groups is 1. The lowest BCUT2D eigenvalue weighted by molar-refractivity contribution is -0.384. The van der Waals surface area contributed by atoms with E-state index >= 15 is 0 Å². The van der Waals surface area contributed by atoms with Crippen LogP contribution in [0.1, 0.15) is 16.8 Å². The minimum atomic E-state index is -4.28. The highest BCUT2D eigenvalue weighted by molar-refractivity contribution is 7.90. The fraction of sp³-hybridized carbons (Fsp3) is 0.409. The number of piperidine rings is 1. The largest absolute Gasteiger partial charge is 0.381 e. The van der Waals surface area contributed by atoms with E-state index in [-0.39, 0.29) is 21.8 Å². The Hall–Kier alpha value is -3.02. The highest BCUT2D eigenvalue weighted by atomic mass is 32.2. The molecular formula is C22H26N4O6S. The standard InChI is InChI=1S/C22H26N4O6S/c27-22(16-4-2-1-3-5-16)24-33(30,31)19-6-7-20(21(12-19)26(28)29)23-9-11-25-10-8-17-14-32-15-18(17)13-25/h1-7,12,17-18,23H,8-11,13-15H2,(H,24,27). The molecule has 0 aromatic heterocycles. The number of sulfonamides is 1. The zero-order valence-electron chi connectivity index (χ0n) is 18.0. The number of anilines is 1. The fourth-order valence-corrected chi connectivity index (χ4v) is 5.29. The van der Waals surface area contributed by atoms with E-state index < -0.39 is 20.9 Å². The summed E-state index contributed by atoms with van der Waals surface area (Å²) in [4.78, 5) is 25.1. The molecule has 1 amide bonds. The van der Waals surface area contributed by atoms with Crippen molar-refractivity contribution in [3.8, 4) is 0 Å². The van der Waals surface area contributed by atoms with Gasteiger partial charge in [0, 0.05) is 43.8 Å². The van der Waals surface area contributed by atoms with Crippen LogP contribution in [0.25, 0.3) is 0 Å². The Balaban J connectivity index is 1.40. The summed E-state index contributed by atoms with van der Waals surface area (Å²) in [6.45, 7) is 4.74. The molecule has 0 aliphatic carbocycles. The number of rotatable bonds is 8. The normalized spacial score (nSPS) is 20.7. The number of hydrogen-bond acceptors (Lipinski definition) is 8. The second-order valence-electron chi connectivity index (χ2n) is 8.31. The summed E-state index contributed by atoms with van der Waals surface area (Å²) < 4.78 is 32.7. The molecule has 0 saturated carbocycles. The SMILES string of the molecule is O=C(NS(=O)(=O)c1ccc(NCCN2CCC3COCC3C2)c([N+](=O)[O-])c1)c1ccccc1. The molecule has 2 heterocycles. The van der Waals surface area contributed by atoms with Gasteiger partial charge in [0.05, 0.1) is 16.4 Å². The van der Waals surface area contributed by atoms with Gasteiger partial charge in [0.25, 0.3) is 21.6 Å². The van der Waals surface area contributed by atoms with Crippen LogP contribution in [0.15, 0.2) is 53.4 Å². The summed E-state index contributed by atoms with van der Waals surface area (Å²) in [6, 6.07) is 11.4. The van der Waals surface area contributed by atoms with Gasteiger partial charge in [-0.1, -0.05) is 18.2 Å². The van der Waals surface area contributed by atoms with Gasteiger partial charge in [-0.05, 0) is 43.1 Å². The maximum absolute atomic E-state index is 12.6. The summed E-state index contributed by atoms with van der Waals surface area (Å²) in [5, 5.41) is 14.6. The maximum atomic E-state index is 12.6. The van der Waals surface area contributed by atoms with E-state index in [4.69, 9.17) is 4.74 Å². The van der Waals surface area contributed by atoms with Gasteiger partial charge in [0.15, 0.2) is 0 Å². The van der Waals surface area contributed by atoms with Crippen molar-refractivity contribution in [2.45, 2.75) is 11.3 Å². The molecule has 10 nitrogen and oxygen atoms in total. The van der Waals surface area contributed by atoms with E-state index in [1.165, 1.54) is 24.3 Å². The zero-order chi connectivity index (χ0) is 23.4. The van der Waals surface area contributed by atoms with Crippen LogP contribution in [0.4, 0.5) is 11.4 Å². The molecule has 4 rings (SSSR count). The van der Waals surface area contributed by atoms with Gasteiger partial charge in [-0.25, -0.2) is 13.1 Å². The van der Waals surface area contributed by atoms with Crippen molar-refractivity contribution in [3.05, 3.63) is 64.2 Å². The molecule has 2 atom stereocenters. The first-order chi connectivity index (χ1) is 15.8. The zero-order valence-corrected chi connectivity index (χ0v) is 18.8. The Labute approximate surface area is 192 Å². The number of carbonyl (C=O) groups is 1. The number of nitrogens with one attached hydrogen (secondary N) is 2.